The molecule has 2 N–H and O–H groups in total. The van der Waals surface area contributed by atoms with Gasteiger partial charge in [0.15, 0.2) is 0 Å². The van der Waals surface area contributed by atoms with E-state index in [0.717, 1.165) is 66.9 Å². The molecule has 8 nitrogen and oxygen atoms in total. The molecule has 0 aliphatic carbocycles. The maximum atomic E-state index is 12.1. The van der Waals surface area contributed by atoms with Crippen molar-refractivity contribution in [1.82, 2.24) is 20.0 Å². The highest BCUT2D eigenvalue weighted by molar-refractivity contribution is 6.09. The number of fused-ring (bicyclic) bond motifs is 1. The van der Waals surface area contributed by atoms with E-state index in [1.54, 1.807) is 6.92 Å². The van der Waals surface area contributed by atoms with Crippen LogP contribution in [0.2, 0.25) is 0 Å². The number of hydrogen-bond donors (Lipinski definition) is 2. The third-order valence-electron chi connectivity index (χ3n) is 6.89. The van der Waals surface area contributed by atoms with Gasteiger partial charge in [-0.3, -0.25) is 14.9 Å². The molecule has 4 heterocycles. The van der Waals surface area contributed by atoms with Gasteiger partial charge in [-0.05, 0) is 42.5 Å². The Morgan fingerprint density at radius 2 is 2.12 bits per heavy atom. The summed E-state index contributed by atoms with van der Waals surface area (Å²) in [5.74, 6) is 0.557. The van der Waals surface area contributed by atoms with E-state index in [-0.39, 0.29) is 11.9 Å². The summed E-state index contributed by atoms with van der Waals surface area (Å²) in [5.41, 5.74) is 6.61. The zero-order chi connectivity index (χ0) is 22.9. The van der Waals surface area contributed by atoms with E-state index in [2.05, 4.69) is 33.5 Å². The quantitative estimate of drug-likeness (QED) is 0.555. The third kappa shape index (κ3) is 4.39. The first-order chi connectivity index (χ1) is 16.0. The minimum atomic E-state index is 0.0590. The maximum absolute atomic E-state index is 12.1. The molecule has 0 saturated carbocycles. The van der Waals surface area contributed by atoms with Gasteiger partial charge in [-0.25, -0.2) is 0 Å². The average Bonchev–Trinajstić information content (AvgIpc) is 3.49. The van der Waals surface area contributed by atoms with Crippen LogP contribution >= 0.6 is 0 Å². The summed E-state index contributed by atoms with van der Waals surface area (Å²) in [4.78, 5) is 16.1. The van der Waals surface area contributed by atoms with Crippen LogP contribution in [0.3, 0.4) is 0 Å². The van der Waals surface area contributed by atoms with Crippen LogP contribution in [0, 0.1) is 5.41 Å². The number of ether oxygens (including phenoxy) is 1. The first-order valence-electron chi connectivity index (χ1n) is 11.8. The number of aromatic nitrogens is 2. The number of anilines is 1. The lowest BCUT2D eigenvalue weighted by Gasteiger charge is -2.37. The Morgan fingerprint density at radius 1 is 1.24 bits per heavy atom. The van der Waals surface area contributed by atoms with Gasteiger partial charge < -0.3 is 19.9 Å². The van der Waals surface area contributed by atoms with Crippen LogP contribution < -0.4 is 10.2 Å². The molecule has 0 unspecified atom stereocenters. The number of nitrogens with one attached hydrogen (secondary N) is 2. The smallest absolute Gasteiger partial charge is 0.219 e. The summed E-state index contributed by atoms with van der Waals surface area (Å²) >= 11 is 0. The Kier molecular flexibility index (Phi) is 5.93. The van der Waals surface area contributed by atoms with Crippen LogP contribution in [-0.2, 0) is 23.0 Å². The van der Waals surface area contributed by atoms with Gasteiger partial charge in [0.2, 0.25) is 5.91 Å². The molecule has 2 aromatic rings. The van der Waals surface area contributed by atoms with Crippen molar-refractivity contribution in [3.63, 3.8) is 0 Å². The number of amidine groups is 1. The van der Waals surface area contributed by atoms with Crippen molar-refractivity contribution in [2.45, 2.75) is 38.6 Å². The minimum absolute atomic E-state index is 0.0590. The highest BCUT2D eigenvalue weighted by atomic mass is 16.5. The fourth-order valence-electron chi connectivity index (χ4n) is 5.05. The van der Waals surface area contributed by atoms with Crippen LogP contribution in [0.5, 0.6) is 0 Å². The number of rotatable bonds is 4. The van der Waals surface area contributed by atoms with E-state index in [1.807, 2.05) is 29.0 Å². The average molecular weight is 449 g/mol. The van der Waals surface area contributed by atoms with Gasteiger partial charge in [0.25, 0.3) is 0 Å². The second kappa shape index (κ2) is 9.02. The minimum Gasteiger partial charge on any atom is -0.383 e. The fraction of sp³-hybridized carbons (Fsp3) is 0.480. The van der Waals surface area contributed by atoms with Gasteiger partial charge in [0.1, 0.15) is 5.84 Å². The third-order valence-corrected chi connectivity index (χ3v) is 6.89. The van der Waals surface area contributed by atoms with Gasteiger partial charge in [0.05, 0.1) is 25.4 Å². The molecule has 33 heavy (non-hydrogen) atoms. The molecular formula is C25H32N6O2. The van der Waals surface area contributed by atoms with Crippen molar-refractivity contribution in [3.05, 3.63) is 47.4 Å². The molecule has 3 aliphatic rings. The zero-order valence-electron chi connectivity index (χ0n) is 19.4. The van der Waals surface area contributed by atoms with Gasteiger partial charge >= 0.3 is 0 Å². The van der Waals surface area contributed by atoms with E-state index in [4.69, 9.17) is 4.74 Å². The van der Waals surface area contributed by atoms with Crippen molar-refractivity contribution in [2.24, 2.45) is 7.05 Å². The number of aryl methyl sites for hydroxylation is 2. The molecule has 1 aromatic heterocycles. The van der Waals surface area contributed by atoms with Crippen molar-refractivity contribution < 1.29 is 9.53 Å². The zero-order valence-corrected chi connectivity index (χ0v) is 19.4. The van der Waals surface area contributed by atoms with Gasteiger partial charge in [-0.1, -0.05) is 6.07 Å². The molecule has 0 radical (unpaired) electrons. The SMILES string of the molecule is CC(=O)N1CCC(N[C@H]2CCOC2)=C(C(=N)N2CCCc3cc(-c4cnn(C)c4)ccc32)C1. The second-order valence-corrected chi connectivity index (χ2v) is 9.20. The monoisotopic (exact) mass is 448 g/mol. The number of carbonyl (C=O) groups excluding carboxylic acids is 1. The highest BCUT2D eigenvalue weighted by Crippen LogP contribution is 2.33. The largest absolute Gasteiger partial charge is 0.383 e. The topological polar surface area (TPSA) is 86.5 Å². The number of benzene rings is 1. The normalized spacial score (nSPS) is 20.7. The van der Waals surface area contributed by atoms with Crippen LogP contribution in [0.15, 0.2) is 41.9 Å². The summed E-state index contributed by atoms with van der Waals surface area (Å²) in [6, 6.07) is 6.77. The van der Waals surface area contributed by atoms with Crippen LogP contribution in [0.4, 0.5) is 5.69 Å². The molecule has 1 saturated heterocycles. The summed E-state index contributed by atoms with van der Waals surface area (Å²) in [6.45, 7) is 5.05. The van der Waals surface area contributed by atoms with Crippen molar-refractivity contribution in [2.75, 3.05) is 37.7 Å². The number of amides is 1. The van der Waals surface area contributed by atoms with E-state index in [9.17, 15) is 10.2 Å². The Balaban J connectivity index is 1.45. The maximum Gasteiger partial charge on any atom is 0.219 e. The molecule has 3 aliphatic heterocycles. The lowest BCUT2D eigenvalue weighted by molar-refractivity contribution is -0.128. The van der Waals surface area contributed by atoms with Gasteiger partial charge in [0, 0.05) is 68.8 Å². The summed E-state index contributed by atoms with van der Waals surface area (Å²) < 4.78 is 7.36. The Labute approximate surface area is 194 Å². The lowest BCUT2D eigenvalue weighted by Crippen LogP contribution is -2.46. The lowest BCUT2D eigenvalue weighted by atomic mass is 9.95. The van der Waals surface area contributed by atoms with E-state index in [0.29, 0.717) is 25.5 Å². The Hall–Kier alpha value is -3.13. The second-order valence-electron chi connectivity index (χ2n) is 9.20. The molecule has 174 valence electrons. The molecule has 1 aromatic carbocycles. The van der Waals surface area contributed by atoms with E-state index in [1.165, 1.54) is 5.56 Å². The number of carbonyl (C=O) groups is 1. The first-order valence-corrected chi connectivity index (χ1v) is 11.8. The van der Waals surface area contributed by atoms with E-state index >= 15 is 0 Å². The molecule has 1 amide bonds. The van der Waals surface area contributed by atoms with Crippen molar-refractivity contribution in [3.8, 4) is 11.1 Å². The van der Waals surface area contributed by atoms with Crippen LogP contribution in [0.25, 0.3) is 11.1 Å². The van der Waals surface area contributed by atoms with Crippen LogP contribution in [0.1, 0.15) is 31.7 Å². The number of nitrogens with zero attached hydrogens (tertiary/aromatic N) is 4. The summed E-state index contributed by atoms with van der Waals surface area (Å²) in [6.07, 6.45) is 7.63. The molecule has 0 spiro atoms. The predicted molar refractivity (Wildman–Crippen MR) is 128 cm³/mol. The Bertz CT molecular complexity index is 1100. The predicted octanol–water partition coefficient (Wildman–Crippen LogP) is 2.70. The molecule has 0 bridgehead atoms. The standard InChI is InChI=1S/C25H32N6O2/c1-17(32)30-10-7-23(28-21-8-11-33-16-21)22(15-30)25(26)31-9-3-4-19-12-18(5-6-24(19)31)20-13-27-29(2)14-20/h5-6,12-14,21,26,28H,3-4,7-11,15-16H2,1-2H3/t21-/m0/s1. The molecular weight excluding hydrogens is 416 g/mol. The molecule has 5 rings (SSSR count). The molecule has 1 atom stereocenters. The van der Waals surface area contributed by atoms with Crippen molar-refractivity contribution >= 4 is 17.4 Å². The highest BCUT2D eigenvalue weighted by Gasteiger charge is 2.30. The van der Waals surface area contributed by atoms with E-state index < -0.39 is 0 Å². The van der Waals surface area contributed by atoms with Crippen LogP contribution in [-0.4, -0.2) is 65.3 Å². The molecule has 1 fully saturated rings. The van der Waals surface area contributed by atoms with Gasteiger partial charge in [-0.15, -0.1) is 0 Å². The molecule has 8 heteroatoms. The fourth-order valence-corrected chi connectivity index (χ4v) is 5.05. The summed E-state index contributed by atoms with van der Waals surface area (Å²) in [5, 5.41) is 17.2. The summed E-state index contributed by atoms with van der Waals surface area (Å²) in [7, 11) is 1.93. The van der Waals surface area contributed by atoms with Gasteiger partial charge in [-0.2, -0.15) is 5.10 Å². The number of hydrogen-bond acceptors (Lipinski definition) is 5. The first kappa shape index (κ1) is 21.7. The Morgan fingerprint density at radius 3 is 2.85 bits per heavy atom. The van der Waals surface area contributed by atoms with Crippen molar-refractivity contribution in [1.29, 1.82) is 5.41 Å².